The van der Waals surface area contributed by atoms with Crippen molar-refractivity contribution in [1.29, 1.82) is 0 Å². The van der Waals surface area contributed by atoms with E-state index in [1.54, 1.807) is 12.1 Å². The highest BCUT2D eigenvalue weighted by atomic mass is 19.1. The van der Waals surface area contributed by atoms with Gasteiger partial charge in [0.05, 0.1) is 0 Å². The van der Waals surface area contributed by atoms with Crippen molar-refractivity contribution in [2.24, 2.45) is 11.8 Å². The van der Waals surface area contributed by atoms with Gasteiger partial charge in [-0.2, -0.15) is 0 Å². The lowest BCUT2D eigenvalue weighted by Gasteiger charge is -2.27. The number of carbonyl (C=O) groups is 2. The first-order chi connectivity index (χ1) is 12.1. The first kappa shape index (κ1) is 17.1. The first-order valence-electron chi connectivity index (χ1n) is 8.54. The third-order valence-electron chi connectivity index (χ3n) is 4.60. The molecule has 0 bridgehead atoms. The molecule has 2 N–H and O–H groups in total. The van der Waals surface area contributed by atoms with Gasteiger partial charge in [0.15, 0.2) is 0 Å². The van der Waals surface area contributed by atoms with Crippen molar-refractivity contribution in [3.8, 4) is 0 Å². The molecule has 0 saturated heterocycles. The molecule has 2 aromatic carbocycles. The minimum absolute atomic E-state index is 0.00943. The molecule has 0 atom stereocenters. The lowest BCUT2D eigenvalue weighted by atomic mass is 9.81. The molecule has 0 radical (unpaired) electrons. The molecule has 0 heterocycles. The summed E-state index contributed by atoms with van der Waals surface area (Å²) >= 11 is 0. The normalized spacial score (nSPS) is 19.9. The lowest BCUT2D eigenvalue weighted by Crippen LogP contribution is -2.32. The lowest BCUT2D eigenvalue weighted by molar-refractivity contribution is -0.125. The second kappa shape index (κ2) is 7.92. The Morgan fingerprint density at radius 1 is 0.760 bits per heavy atom. The van der Waals surface area contributed by atoms with Gasteiger partial charge in [-0.15, -0.1) is 0 Å². The average Bonchev–Trinajstić information content (AvgIpc) is 2.62. The summed E-state index contributed by atoms with van der Waals surface area (Å²) in [5.41, 5.74) is 1.26. The first-order valence-corrected chi connectivity index (χ1v) is 8.54. The summed E-state index contributed by atoms with van der Waals surface area (Å²) in [5, 5.41) is 5.68. The Labute approximate surface area is 146 Å². The van der Waals surface area contributed by atoms with Gasteiger partial charge >= 0.3 is 0 Å². The van der Waals surface area contributed by atoms with Crippen LogP contribution in [0.1, 0.15) is 25.7 Å². The number of hydrogen-bond donors (Lipinski definition) is 2. The molecular formula is C20H21FN2O2. The summed E-state index contributed by atoms with van der Waals surface area (Å²) in [4.78, 5) is 24.6. The summed E-state index contributed by atoms with van der Waals surface area (Å²) in [7, 11) is 0. The van der Waals surface area contributed by atoms with Crippen molar-refractivity contribution in [2.45, 2.75) is 25.7 Å². The molecule has 0 aromatic heterocycles. The van der Waals surface area contributed by atoms with Gasteiger partial charge in [0, 0.05) is 23.2 Å². The Hall–Kier alpha value is -2.69. The number of para-hydroxylation sites is 1. The molecule has 2 amide bonds. The highest BCUT2D eigenvalue weighted by molar-refractivity contribution is 5.94. The molecule has 2 aromatic rings. The quantitative estimate of drug-likeness (QED) is 0.876. The molecule has 1 fully saturated rings. The van der Waals surface area contributed by atoms with Gasteiger partial charge in [-0.05, 0) is 56.0 Å². The summed E-state index contributed by atoms with van der Waals surface area (Å²) in [6.45, 7) is 0. The maximum atomic E-state index is 13.2. The fraction of sp³-hybridized carbons (Fsp3) is 0.300. The monoisotopic (exact) mass is 340 g/mol. The second-order valence-electron chi connectivity index (χ2n) is 6.40. The van der Waals surface area contributed by atoms with E-state index >= 15 is 0 Å². The van der Waals surface area contributed by atoms with E-state index in [0.29, 0.717) is 31.4 Å². The fourth-order valence-electron chi connectivity index (χ4n) is 3.19. The van der Waals surface area contributed by atoms with E-state index in [9.17, 15) is 14.0 Å². The van der Waals surface area contributed by atoms with Gasteiger partial charge in [-0.3, -0.25) is 9.59 Å². The Morgan fingerprint density at radius 2 is 1.28 bits per heavy atom. The van der Waals surface area contributed by atoms with Crippen LogP contribution in [-0.2, 0) is 9.59 Å². The van der Waals surface area contributed by atoms with E-state index in [0.717, 1.165) is 5.69 Å². The van der Waals surface area contributed by atoms with E-state index in [-0.39, 0.29) is 29.5 Å². The van der Waals surface area contributed by atoms with E-state index in [1.807, 2.05) is 30.3 Å². The van der Waals surface area contributed by atoms with Crippen molar-refractivity contribution in [3.05, 3.63) is 60.4 Å². The van der Waals surface area contributed by atoms with Crippen LogP contribution in [0.4, 0.5) is 15.8 Å². The number of benzene rings is 2. The van der Waals surface area contributed by atoms with Crippen molar-refractivity contribution < 1.29 is 14.0 Å². The molecule has 0 unspecified atom stereocenters. The summed E-state index contributed by atoms with van der Waals surface area (Å²) in [6, 6.07) is 15.2. The van der Waals surface area contributed by atoms with Crippen LogP contribution in [0.5, 0.6) is 0 Å². The zero-order valence-corrected chi connectivity index (χ0v) is 13.9. The van der Waals surface area contributed by atoms with Gasteiger partial charge in [0.2, 0.25) is 11.8 Å². The molecule has 4 nitrogen and oxygen atoms in total. The van der Waals surface area contributed by atoms with Crippen LogP contribution in [0.25, 0.3) is 0 Å². The Bertz CT molecular complexity index is 740. The Morgan fingerprint density at radius 3 is 1.84 bits per heavy atom. The molecule has 1 aliphatic carbocycles. The van der Waals surface area contributed by atoms with E-state index in [1.165, 1.54) is 12.1 Å². The molecule has 0 spiro atoms. The number of anilines is 2. The maximum absolute atomic E-state index is 13.2. The maximum Gasteiger partial charge on any atom is 0.227 e. The van der Waals surface area contributed by atoms with E-state index in [4.69, 9.17) is 0 Å². The van der Waals surface area contributed by atoms with Crippen molar-refractivity contribution >= 4 is 23.2 Å². The van der Waals surface area contributed by atoms with Gasteiger partial charge in [-0.1, -0.05) is 24.3 Å². The van der Waals surface area contributed by atoms with Gasteiger partial charge in [0.1, 0.15) is 5.82 Å². The predicted octanol–water partition coefficient (Wildman–Crippen LogP) is 4.21. The van der Waals surface area contributed by atoms with Crippen molar-refractivity contribution in [2.75, 3.05) is 10.6 Å². The Balaban J connectivity index is 1.49. The second-order valence-corrected chi connectivity index (χ2v) is 6.40. The third-order valence-corrected chi connectivity index (χ3v) is 4.60. The standard InChI is InChI=1S/C20H21FN2O2/c21-16-5-4-8-18(13-16)23-20(25)15-11-9-14(10-12-15)19(24)22-17-6-2-1-3-7-17/h1-8,13-15H,9-12H2,(H,22,24)(H,23,25). The number of hydrogen-bond acceptors (Lipinski definition) is 2. The smallest absolute Gasteiger partial charge is 0.227 e. The molecule has 1 aliphatic rings. The van der Waals surface area contributed by atoms with E-state index < -0.39 is 0 Å². The predicted molar refractivity (Wildman–Crippen MR) is 95.5 cm³/mol. The molecule has 1 saturated carbocycles. The molecular weight excluding hydrogens is 319 g/mol. The minimum Gasteiger partial charge on any atom is -0.326 e. The van der Waals surface area contributed by atoms with Crippen LogP contribution in [0.15, 0.2) is 54.6 Å². The third kappa shape index (κ3) is 4.66. The molecule has 25 heavy (non-hydrogen) atoms. The van der Waals surface area contributed by atoms with E-state index in [2.05, 4.69) is 10.6 Å². The number of amides is 2. The molecule has 5 heteroatoms. The molecule has 3 rings (SSSR count). The SMILES string of the molecule is O=C(Nc1ccccc1)C1CCC(C(=O)Nc2cccc(F)c2)CC1. The van der Waals surface area contributed by atoms with Crippen LogP contribution in [-0.4, -0.2) is 11.8 Å². The van der Waals surface area contributed by atoms with Gasteiger partial charge in [0.25, 0.3) is 0 Å². The van der Waals surface area contributed by atoms with Gasteiger partial charge in [-0.25, -0.2) is 4.39 Å². The summed E-state index contributed by atoms with van der Waals surface area (Å²) < 4.78 is 13.2. The molecule has 130 valence electrons. The zero-order valence-electron chi connectivity index (χ0n) is 13.9. The van der Waals surface area contributed by atoms with Crippen LogP contribution in [0, 0.1) is 17.7 Å². The highest BCUT2D eigenvalue weighted by Gasteiger charge is 2.30. The Kier molecular flexibility index (Phi) is 5.43. The summed E-state index contributed by atoms with van der Waals surface area (Å²) in [5.74, 6) is -0.677. The highest BCUT2D eigenvalue weighted by Crippen LogP contribution is 2.30. The van der Waals surface area contributed by atoms with Gasteiger partial charge < -0.3 is 10.6 Å². The largest absolute Gasteiger partial charge is 0.326 e. The number of nitrogens with one attached hydrogen (secondary N) is 2. The van der Waals surface area contributed by atoms with Crippen LogP contribution in [0.2, 0.25) is 0 Å². The van der Waals surface area contributed by atoms with Crippen LogP contribution < -0.4 is 10.6 Å². The average molecular weight is 340 g/mol. The van der Waals surface area contributed by atoms with Crippen molar-refractivity contribution in [1.82, 2.24) is 0 Å². The van der Waals surface area contributed by atoms with Crippen LogP contribution in [0.3, 0.4) is 0 Å². The van der Waals surface area contributed by atoms with Crippen molar-refractivity contribution in [3.63, 3.8) is 0 Å². The van der Waals surface area contributed by atoms with Crippen LogP contribution >= 0.6 is 0 Å². The topological polar surface area (TPSA) is 58.2 Å². The number of halogens is 1. The number of carbonyl (C=O) groups excluding carboxylic acids is 2. The fourth-order valence-corrected chi connectivity index (χ4v) is 3.19. The summed E-state index contributed by atoms with van der Waals surface area (Å²) in [6.07, 6.45) is 2.68. The number of rotatable bonds is 4. The molecule has 0 aliphatic heterocycles. The minimum atomic E-state index is -0.376. The zero-order chi connectivity index (χ0) is 17.6.